The quantitative estimate of drug-likeness (QED) is 0.866. The molecule has 5 heteroatoms. The van der Waals surface area contributed by atoms with Gasteiger partial charge in [0, 0.05) is 23.1 Å². The van der Waals surface area contributed by atoms with Crippen molar-refractivity contribution in [2.45, 2.75) is 32.7 Å². The molecule has 0 spiro atoms. The van der Waals surface area contributed by atoms with Crippen LogP contribution in [-0.4, -0.2) is 28.9 Å². The Kier molecular flexibility index (Phi) is 3.99. The monoisotopic (exact) mass is 352 g/mol. The maximum atomic E-state index is 10.2. The molecular weight excluding hydrogens is 332 g/mol. The van der Waals surface area contributed by atoms with Crippen molar-refractivity contribution in [3.8, 4) is 5.75 Å². The molecule has 0 bridgehead atoms. The lowest BCUT2D eigenvalue weighted by atomic mass is 9.93. The molecule has 2 N–H and O–H groups in total. The van der Waals surface area contributed by atoms with Crippen LogP contribution in [0.15, 0.2) is 16.6 Å². The summed E-state index contributed by atoms with van der Waals surface area (Å²) in [6, 6.07) is 4.18. The van der Waals surface area contributed by atoms with E-state index in [-0.39, 0.29) is 6.04 Å². The van der Waals surface area contributed by atoms with E-state index in [1.54, 1.807) is 7.11 Å². The Labute approximate surface area is 133 Å². The standard InChI is InChI=1S/C16H21BrN2O2/c1-9(2)6-14-16-10(4-5-19(14)20)11-7-15(21-3)12(17)8-13(11)18-16/h7-9,14,18,20H,4-6H2,1-3H3. The first kappa shape index (κ1) is 14.9. The summed E-state index contributed by atoms with van der Waals surface area (Å²) in [6.45, 7) is 5.05. The topological polar surface area (TPSA) is 48.5 Å². The van der Waals surface area contributed by atoms with Gasteiger partial charge in [-0.25, -0.2) is 0 Å². The molecule has 1 atom stereocenters. The first-order chi connectivity index (χ1) is 10.0. The van der Waals surface area contributed by atoms with Crippen LogP contribution in [0.5, 0.6) is 5.75 Å². The highest BCUT2D eigenvalue weighted by atomic mass is 79.9. The van der Waals surface area contributed by atoms with Gasteiger partial charge in [-0.1, -0.05) is 13.8 Å². The minimum absolute atomic E-state index is 0.0471. The zero-order valence-corrected chi connectivity index (χ0v) is 14.2. The summed E-state index contributed by atoms with van der Waals surface area (Å²) in [5.41, 5.74) is 3.55. The summed E-state index contributed by atoms with van der Waals surface area (Å²) in [4.78, 5) is 3.51. The minimum atomic E-state index is 0.0471. The number of nitrogens with zero attached hydrogens (tertiary/aromatic N) is 1. The summed E-state index contributed by atoms with van der Waals surface area (Å²) in [5.74, 6) is 1.37. The molecule has 0 amide bonds. The number of ether oxygens (including phenoxy) is 1. The first-order valence-corrected chi connectivity index (χ1v) is 8.14. The third kappa shape index (κ3) is 2.58. The van der Waals surface area contributed by atoms with E-state index in [9.17, 15) is 5.21 Å². The zero-order valence-electron chi connectivity index (χ0n) is 12.6. The molecule has 0 fully saturated rings. The molecule has 2 heterocycles. The second-order valence-electron chi connectivity index (χ2n) is 6.11. The zero-order chi connectivity index (χ0) is 15.1. The molecule has 1 aliphatic heterocycles. The lowest BCUT2D eigenvalue weighted by molar-refractivity contribution is -0.138. The van der Waals surface area contributed by atoms with Crippen LogP contribution in [-0.2, 0) is 6.42 Å². The summed E-state index contributed by atoms with van der Waals surface area (Å²) < 4.78 is 6.35. The number of hydrogen-bond acceptors (Lipinski definition) is 3. The van der Waals surface area contributed by atoms with Crippen molar-refractivity contribution < 1.29 is 9.94 Å². The van der Waals surface area contributed by atoms with E-state index in [4.69, 9.17) is 4.74 Å². The number of rotatable bonds is 3. The van der Waals surface area contributed by atoms with Gasteiger partial charge in [-0.15, -0.1) is 0 Å². The molecule has 1 aliphatic rings. The maximum absolute atomic E-state index is 10.2. The fraction of sp³-hybridized carbons (Fsp3) is 0.500. The molecule has 114 valence electrons. The highest BCUT2D eigenvalue weighted by Crippen LogP contribution is 2.39. The molecule has 4 nitrogen and oxygen atoms in total. The van der Waals surface area contributed by atoms with Crippen molar-refractivity contribution in [2.24, 2.45) is 5.92 Å². The van der Waals surface area contributed by atoms with E-state index in [0.29, 0.717) is 12.5 Å². The molecule has 3 rings (SSSR count). The van der Waals surface area contributed by atoms with E-state index >= 15 is 0 Å². The molecule has 0 radical (unpaired) electrons. The Morgan fingerprint density at radius 3 is 2.90 bits per heavy atom. The number of benzene rings is 1. The Bertz CT molecular complexity index is 666. The van der Waals surface area contributed by atoms with Crippen LogP contribution in [0.1, 0.15) is 37.6 Å². The summed E-state index contributed by atoms with van der Waals surface area (Å²) in [7, 11) is 1.68. The molecule has 21 heavy (non-hydrogen) atoms. The number of hydrogen-bond donors (Lipinski definition) is 2. The molecule has 1 aromatic carbocycles. The van der Waals surface area contributed by atoms with Crippen molar-refractivity contribution in [1.29, 1.82) is 0 Å². The van der Waals surface area contributed by atoms with Gasteiger partial charge in [-0.3, -0.25) is 0 Å². The maximum Gasteiger partial charge on any atom is 0.133 e. The van der Waals surface area contributed by atoms with E-state index in [0.717, 1.165) is 34.3 Å². The molecule has 0 saturated carbocycles. The fourth-order valence-electron chi connectivity index (χ4n) is 3.20. The van der Waals surface area contributed by atoms with Crippen molar-refractivity contribution in [2.75, 3.05) is 13.7 Å². The van der Waals surface area contributed by atoms with Gasteiger partial charge in [-0.05, 0) is 52.4 Å². The average Bonchev–Trinajstić information content (AvgIpc) is 2.78. The predicted molar refractivity (Wildman–Crippen MR) is 86.9 cm³/mol. The van der Waals surface area contributed by atoms with Crippen LogP contribution >= 0.6 is 15.9 Å². The molecule has 1 aromatic heterocycles. The Balaban J connectivity index is 2.14. The van der Waals surface area contributed by atoms with E-state index in [2.05, 4.69) is 46.9 Å². The number of halogens is 1. The number of fused-ring (bicyclic) bond motifs is 3. The molecule has 0 aliphatic carbocycles. The van der Waals surface area contributed by atoms with Gasteiger partial charge < -0.3 is 14.9 Å². The van der Waals surface area contributed by atoms with Crippen LogP contribution in [0.4, 0.5) is 0 Å². The smallest absolute Gasteiger partial charge is 0.133 e. The lowest BCUT2D eigenvalue weighted by Crippen LogP contribution is -2.33. The van der Waals surface area contributed by atoms with Gasteiger partial charge in [0.1, 0.15) is 5.75 Å². The van der Waals surface area contributed by atoms with E-state index < -0.39 is 0 Å². The summed E-state index contributed by atoms with van der Waals surface area (Å²) in [5, 5.41) is 12.9. The SMILES string of the molecule is COc1cc2c3c([nH]c2cc1Br)C(CC(C)C)N(O)CC3. The van der Waals surface area contributed by atoms with Crippen LogP contribution < -0.4 is 4.74 Å². The van der Waals surface area contributed by atoms with E-state index in [1.807, 2.05) is 0 Å². The van der Waals surface area contributed by atoms with Crippen LogP contribution in [0.2, 0.25) is 0 Å². The number of aromatic amines is 1. The molecule has 2 aromatic rings. The molecule has 1 unspecified atom stereocenters. The van der Waals surface area contributed by atoms with E-state index in [1.165, 1.54) is 16.0 Å². The predicted octanol–water partition coefficient (Wildman–Crippen LogP) is 4.27. The number of nitrogens with one attached hydrogen (secondary N) is 1. The van der Waals surface area contributed by atoms with Gasteiger partial charge in [-0.2, -0.15) is 5.06 Å². The fourth-order valence-corrected chi connectivity index (χ4v) is 3.70. The average molecular weight is 353 g/mol. The minimum Gasteiger partial charge on any atom is -0.496 e. The van der Waals surface area contributed by atoms with Crippen LogP contribution in [0.25, 0.3) is 10.9 Å². The van der Waals surface area contributed by atoms with Crippen molar-refractivity contribution in [3.63, 3.8) is 0 Å². The number of methoxy groups -OCH3 is 1. The Morgan fingerprint density at radius 1 is 1.48 bits per heavy atom. The van der Waals surface area contributed by atoms with Gasteiger partial charge in [0.25, 0.3) is 0 Å². The second kappa shape index (κ2) is 5.63. The lowest BCUT2D eigenvalue weighted by Gasteiger charge is -2.31. The van der Waals surface area contributed by atoms with Crippen molar-refractivity contribution >= 4 is 26.8 Å². The number of H-pyrrole nitrogens is 1. The first-order valence-electron chi connectivity index (χ1n) is 7.34. The van der Waals surface area contributed by atoms with Crippen LogP contribution in [0, 0.1) is 5.92 Å². The van der Waals surface area contributed by atoms with Gasteiger partial charge in [0.05, 0.1) is 17.6 Å². The number of aromatic nitrogens is 1. The third-order valence-corrected chi connectivity index (χ3v) is 4.81. The Morgan fingerprint density at radius 2 is 2.24 bits per heavy atom. The van der Waals surface area contributed by atoms with Gasteiger partial charge in [0.15, 0.2) is 0 Å². The van der Waals surface area contributed by atoms with Gasteiger partial charge >= 0.3 is 0 Å². The van der Waals surface area contributed by atoms with Crippen LogP contribution in [0.3, 0.4) is 0 Å². The van der Waals surface area contributed by atoms with Crippen molar-refractivity contribution in [1.82, 2.24) is 10.0 Å². The summed E-state index contributed by atoms with van der Waals surface area (Å²) >= 11 is 3.53. The Hall–Kier alpha value is -1.04. The van der Waals surface area contributed by atoms with Gasteiger partial charge in [0.2, 0.25) is 0 Å². The second-order valence-corrected chi connectivity index (χ2v) is 6.96. The highest BCUT2D eigenvalue weighted by molar-refractivity contribution is 9.10. The largest absolute Gasteiger partial charge is 0.496 e. The third-order valence-electron chi connectivity index (χ3n) is 4.19. The molecule has 0 saturated heterocycles. The van der Waals surface area contributed by atoms with Crippen molar-refractivity contribution in [3.05, 3.63) is 27.9 Å². The number of hydroxylamine groups is 2. The molecular formula is C16H21BrN2O2. The highest BCUT2D eigenvalue weighted by Gasteiger charge is 2.30. The summed E-state index contributed by atoms with van der Waals surface area (Å²) in [6.07, 6.45) is 1.79. The normalized spacial score (nSPS) is 19.2.